The number of H-pyrrole nitrogens is 1. The smallest absolute Gasteiger partial charge is 0.257 e. The molecule has 1 amide bonds. The van der Waals surface area contributed by atoms with Gasteiger partial charge in [0.2, 0.25) is 0 Å². The van der Waals surface area contributed by atoms with Crippen molar-refractivity contribution >= 4 is 28.5 Å². The maximum Gasteiger partial charge on any atom is 0.257 e. The van der Waals surface area contributed by atoms with Gasteiger partial charge in [-0.2, -0.15) is 5.10 Å². The Morgan fingerprint density at radius 2 is 2.24 bits per heavy atom. The fourth-order valence-electron chi connectivity index (χ4n) is 3.35. The molecule has 0 radical (unpaired) electrons. The number of halogens is 1. The molecule has 1 aliphatic rings. The quantitative estimate of drug-likeness (QED) is 0.771. The third-order valence-electron chi connectivity index (χ3n) is 4.67. The molecule has 0 aliphatic carbocycles. The molecule has 0 bridgehead atoms. The molecule has 25 heavy (non-hydrogen) atoms. The van der Waals surface area contributed by atoms with Gasteiger partial charge < -0.3 is 9.88 Å². The third-order valence-corrected chi connectivity index (χ3v) is 4.90. The Hall–Kier alpha value is -2.34. The van der Waals surface area contributed by atoms with E-state index in [0.717, 1.165) is 36.2 Å². The average molecular weight is 358 g/mol. The lowest BCUT2D eigenvalue weighted by atomic mass is 10.2. The molecule has 6 nitrogen and oxygen atoms in total. The lowest BCUT2D eigenvalue weighted by Crippen LogP contribution is -2.30. The summed E-state index contributed by atoms with van der Waals surface area (Å²) in [5.41, 5.74) is 2.39. The van der Waals surface area contributed by atoms with Crippen LogP contribution in [0.1, 0.15) is 55.0 Å². The number of likely N-dealkylation sites (tertiary alicyclic amines) is 1. The van der Waals surface area contributed by atoms with E-state index in [-0.39, 0.29) is 18.0 Å². The summed E-state index contributed by atoms with van der Waals surface area (Å²) in [5.74, 6) is 0.826. The van der Waals surface area contributed by atoms with E-state index in [4.69, 9.17) is 11.6 Å². The fraction of sp³-hybridized carbons (Fsp3) is 0.389. The lowest BCUT2D eigenvalue weighted by molar-refractivity contribution is 0.0730. The van der Waals surface area contributed by atoms with Crippen LogP contribution in [0.15, 0.2) is 30.6 Å². The Morgan fingerprint density at radius 3 is 3.00 bits per heavy atom. The monoisotopic (exact) mass is 357 g/mol. The lowest BCUT2D eigenvalue weighted by Gasteiger charge is -2.22. The number of imidazole rings is 1. The summed E-state index contributed by atoms with van der Waals surface area (Å²) in [7, 11) is 0. The van der Waals surface area contributed by atoms with Crippen LogP contribution in [0, 0.1) is 0 Å². The number of rotatable bonds is 3. The zero-order chi connectivity index (χ0) is 17.6. The third kappa shape index (κ3) is 2.91. The van der Waals surface area contributed by atoms with E-state index in [1.54, 1.807) is 6.20 Å². The molecule has 130 valence electrons. The molecule has 1 atom stereocenters. The summed E-state index contributed by atoms with van der Waals surface area (Å²) in [6, 6.07) is 5.77. The minimum Gasteiger partial charge on any atom is -0.340 e. The van der Waals surface area contributed by atoms with Crippen LogP contribution in [0.25, 0.3) is 11.0 Å². The molecular formula is C18H20ClN5O. The molecule has 7 heteroatoms. The molecule has 1 aromatic carbocycles. The van der Waals surface area contributed by atoms with Gasteiger partial charge in [0.25, 0.3) is 5.91 Å². The molecule has 3 aromatic rings. The number of carbonyl (C=O) groups excluding carboxylic acids is 1. The number of carbonyl (C=O) groups is 1. The van der Waals surface area contributed by atoms with Crippen LogP contribution in [0.2, 0.25) is 5.02 Å². The van der Waals surface area contributed by atoms with Crippen LogP contribution in [0.5, 0.6) is 0 Å². The van der Waals surface area contributed by atoms with Crippen LogP contribution in [-0.4, -0.2) is 37.1 Å². The largest absolute Gasteiger partial charge is 0.340 e. The number of aromatic nitrogens is 4. The van der Waals surface area contributed by atoms with Crippen LogP contribution in [0.3, 0.4) is 0 Å². The maximum absolute atomic E-state index is 12.9. The van der Waals surface area contributed by atoms with Gasteiger partial charge >= 0.3 is 0 Å². The second-order valence-electron chi connectivity index (χ2n) is 6.74. The number of fused-ring (bicyclic) bond motifs is 1. The van der Waals surface area contributed by atoms with E-state index < -0.39 is 0 Å². The van der Waals surface area contributed by atoms with Crippen LogP contribution in [0.4, 0.5) is 0 Å². The van der Waals surface area contributed by atoms with E-state index >= 15 is 0 Å². The standard InChI is InChI=1S/C18H20ClN5O/c1-11(2)24-10-12(9-20-24)18(25)23-7-3-4-16(23)17-21-14-6-5-13(19)8-15(14)22-17/h5-6,8-11,16H,3-4,7H2,1-2H3,(H,21,22)/t16-/m1/s1. The van der Waals surface area contributed by atoms with Gasteiger partial charge in [-0.1, -0.05) is 11.6 Å². The van der Waals surface area contributed by atoms with Gasteiger partial charge in [0.15, 0.2) is 0 Å². The number of benzene rings is 1. The number of nitrogens with zero attached hydrogens (tertiary/aromatic N) is 4. The Bertz CT molecular complexity index is 929. The highest BCUT2D eigenvalue weighted by Gasteiger charge is 2.33. The van der Waals surface area contributed by atoms with E-state index in [0.29, 0.717) is 10.6 Å². The molecule has 1 saturated heterocycles. The van der Waals surface area contributed by atoms with Gasteiger partial charge in [0.1, 0.15) is 5.82 Å². The molecule has 2 aromatic heterocycles. The molecule has 3 heterocycles. The number of hydrogen-bond donors (Lipinski definition) is 1. The molecule has 0 spiro atoms. The molecule has 1 fully saturated rings. The molecule has 4 rings (SSSR count). The number of amides is 1. The first-order valence-corrected chi connectivity index (χ1v) is 8.91. The molecule has 1 N–H and O–H groups in total. The molecule has 0 saturated carbocycles. The average Bonchev–Trinajstić information content (AvgIpc) is 3.31. The number of aromatic amines is 1. The first kappa shape index (κ1) is 16.1. The van der Waals surface area contributed by atoms with Gasteiger partial charge in [0.05, 0.1) is 28.8 Å². The molecular weight excluding hydrogens is 338 g/mol. The van der Waals surface area contributed by atoms with Crippen molar-refractivity contribution in [2.45, 2.75) is 38.8 Å². The van der Waals surface area contributed by atoms with E-state index in [1.165, 1.54) is 0 Å². The van der Waals surface area contributed by atoms with Crippen LogP contribution >= 0.6 is 11.6 Å². The highest BCUT2D eigenvalue weighted by atomic mass is 35.5. The normalized spacial score (nSPS) is 17.8. The Morgan fingerprint density at radius 1 is 1.40 bits per heavy atom. The summed E-state index contributed by atoms with van der Waals surface area (Å²) >= 11 is 6.05. The second-order valence-corrected chi connectivity index (χ2v) is 7.18. The van der Waals surface area contributed by atoms with Gasteiger partial charge in [-0.25, -0.2) is 4.98 Å². The zero-order valence-corrected chi connectivity index (χ0v) is 15.0. The summed E-state index contributed by atoms with van der Waals surface area (Å²) < 4.78 is 1.81. The highest BCUT2D eigenvalue weighted by molar-refractivity contribution is 6.31. The van der Waals surface area contributed by atoms with Crippen molar-refractivity contribution in [2.24, 2.45) is 0 Å². The van der Waals surface area contributed by atoms with Crippen LogP contribution in [-0.2, 0) is 0 Å². The van der Waals surface area contributed by atoms with Crippen molar-refractivity contribution < 1.29 is 4.79 Å². The van der Waals surface area contributed by atoms with Crippen LogP contribution < -0.4 is 0 Å². The van der Waals surface area contributed by atoms with E-state index in [9.17, 15) is 4.79 Å². The van der Waals surface area contributed by atoms with Crippen molar-refractivity contribution in [3.63, 3.8) is 0 Å². The van der Waals surface area contributed by atoms with Gasteiger partial charge in [-0.05, 0) is 44.9 Å². The van der Waals surface area contributed by atoms with Crippen molar-refractivity contribution in [3.05, 3.63) is 47.0 Å². The predicted molar refractivity (Wildman–Crippen MR) is 96.7 cm³/mol. The Kier molecular flexibility index (Phi) is 4.00. The Balaban J connectivity index is 1.63. The van der Waals surface area contributed by atoms with Crippen molar-refractivity contribution in [3.8, 4) is 0 Å². The van der Waals surface area contributed by atoms with Gasteiger partial charge in [-0.3, -0.25) is 9.48 Å². The van der Waals surface area contributed by atoms with Gasteiger partial charge in [0, 0.05) is 23.8 Å². The molecule has 0 unspecified atom stereocenters. The first-order valence-electron chi connectivity index (χ1n) is 8.53. The fourth-order valence-corrected chi connectivity index (χ4v) is 3.52. The number of hydrogen-bond acceptors (Lipinski definition) is 3. The van der Waals surface area contributed by atoms with Crippen molar-refractivity contribution in [2.75, 3.05) is 6.54 Å². The summed E-state index contributed by atoms with van der Waals surface area (Å²) in [4.78, 5) is 22.8. The minimum absolute atomic E-state index is 0.00730. The highest BCUT2D eigenvalue weighted by Crippen LogP contribution is 2.33. The van der Waals surface area contributed by atoms with Crippen molar-refractivity contribution in [1.82, 2.24) is 24.6 Å². The summed E-state index contributed by atoms with van der Waals surface area (Å²) in [5, 5.41) is 4.95. The maximum atomic E-state index is 12.9. The zero-order valence-electron chi connectivity index (χ0n) is 14.2. The van der Waals surface area contributed by atoms with E-state index in [1.807, 2.05) is 47.8 Å². The van der Waals surface area contributed by atoms with Gasteiger partial charge in [-0.15, -0.1) is 0 Å². The SMILES string of the molecule is CC(C)n1cc(C(=O)N2CCC[C@@H]2c2nc3ccc(Cl)cc3[nH]2)cn1. The number of nitrogens with one attached hydrogen (secondary N) is 1. The topological polar surface area (TPSA) is 66.8 Å². The van der Waals surface area contributed by atoms with Crippen molar-refractivity contribution in [1.29, 1.82) is 0 Å². The van der Waals surface area contributed by atoms with E-state index in [2.05, 4.69) is 15.1 Å². The first-order chi connectivity index (χ1) is 12.0. The minimum atomic E-state index is -0.0407. The second kappa shape index (κ2) is 6.19. The summed E-state index contributed by atoms with van der Waals surface area (Å²) in [6.07, 6.45) is 5.33. The molecule has 1 aliphatic heterocycles. The Labute approximate surface area is 150 Å². The predicted octanol–water partition coefficient (Wildman–Crippen LogP) is 3.97. The summed E-state index contributed by atoms with van der Waals surface area (Å²) in [6.45, 7) is 4.81.